The summed E-state index contributed by atoms with van der Waals surface area (Å²) >= 11 is 0. The van der Waals surface area contributed by atoms with Crippen LogP contribution < -0.4 is 4.90 Å². The molecule has 3 heteroatoms. The second-order valence-corrected chi connectivity index (χ2v) is 2.74. The van der Waals surface area contributed by atoms with Crippen LogP contribution in [-0.4, -0.2) is 13.1 Å². The second kappa shape index (κ2) is 4.65. The highest BCUT2D eigenvalue weighted by atomic mass is 16.6. The minimum Gasteiger partial charge on any atom is -0.444 e. The molecule has 0 aromatic heterocycles. The molecule has 2 rings (SSSR count). The lowest BCUT2D eigenvalue weighted by atomic mass is 10.1. The van der Waals surface area contributed by atoms with Crippen molar-refractivity contribution in [3.05, 3.63) is 29.8 Å². The normalized spacial score (nSPS) is 13.6. The molecule has 0 saturated carbocycles. The Morgan fingerprint density at radius 3 is 2.64 bits per heavy atom. The first kappa shape index (κ1) is 10.6. The summed E-state index contributed by atoms with van der Waals surface area (Å²) in [6.07, 6.45) is -0.284. The molecule has 0 fully saturated rings. The zero-order valence-corrected chi connectivity index (χ0v) is 8.78. The van der Waals surface area contributed by atoms with Crippen molar-refractivity contribution in [1.29, 1.82) is 0 Å². The monoisotopic (exact) mass is 193 g/mol. The third-order valence-corrected chi connectivity index (χ3v) is 1.98. The van der Waals surface area contributed by atoms with Gasteiger partial charge in [-0.1, -0.05) is 32.0 Å². The number of ether oxygens (including phenoxy) is 1. The SMILES string of the molecule is CC.CN1C(=O)OCc2ccccc21. The molecular formula is C11H15NO2. The Balaban J connectivity index is 0.000000461. The van der Waals surface area contributed by atoms with Crippen LogP contribution in [0.3, 0.4) is 0 Å². The zero-order chi connectivity index (χ0) is 10.6. The summed E-state index contributed by atoms with van der Waals surface area (Å²) in [5, 5.41) is 0. The Bertz CT molecular complexity index is 323. The van der Waals surface area contributed by atoms with Gasteiger partial charge in [0.05, 0.1) is 5.69 Å². The fourth-order valence-electron chi connectivity index (χ4n) is 1.29. The summed E-state index contributed by atoms with van der Waals surface area (Å²) in [5.74, 6) is 0. The highest BCUT2D eigenvalue weighted by molar-refractivity contribution is 5.89. The maximum absolute atomic E-state index is 11.1. The quantitative estimate of drug-likeness (QED) is 0.634. The molecule has 3 nitrogen and oxygen atoms in total. The van der Waals surface area contributed by atoms with E-state index in [1.165, 1.54) is 4.90 Å². The molecular weight excluding hydrogens is 178 g/mol. The molecule has 76 valence electrons. The minimum atomic E-state index is -0.284. The Hall–Kier alpha value is -1.51. The molecule has 0 aliphatic carbocycles. The number of hydrogen-bond acceptors (Lipinski definition) is 2. The van der Waals surface area contributed by atoms with Gasteiger partial charge in [-0.25, -0.2) is 4.79 Å². The maximum Gasteiger partial charge on any atom is 0.414 e. The Labute approximate surface area is 84.3 Å². The van der Waals surface area contributed by atoms with Gasteiger partial charge in [0.1, 0.15) is 6.61 Å². The lowest BCUT2D eigenvalue weighted by Gasteiger charge is -2.24. The molecule has 14 heavy (non-hydrogen) atoms. The molecule has 0 spiro atoms. The van der Waals surface area contributed by atoms with Crippen molar-refractivity contribution in [3.8, 4) is 0 Å². The standard InChI is InChI=1S/C9H9NO2.C2H6/c1-10-8-5-3-2-4-7(8)6-12-9(10)11;1-2/h2-5H,6H2,1H3;1-2H3. The summed E-state index contributed by atoms with van der Waals surface area (Å²) in [7, 11) is 1.71. The van der Waals surface area contributed by atoms with Gasteiger partial charge in [-0.15, -0.1) is 0 Å². The summed E-state index contributed by atoms with van der Waals surface area (Å²) in [6.45, 7) is 4.39. The first-order chi connectivity index (χ1) is 6.79. The van der Waals surface area contributed by atoms with Crippen molar-refractivity contribution in [3.63, 3.8) is 0 Å². The second-order valence-electron chi connectivity index (χ2n) is 2.74. The van der Waals surface area contributed by atoms with Gasteiger partial charge in [-0.3, -0.25) is 4.90 Å². The van der Waals surface area contributed by atoms with Gasteiger partial charge < -0.3 is 4.74 Å². The smallest absolute Gasteiger partial charge is 0.414 e. The van der Waals surface area contributed by atoms with Gasteiger partial charge in [-0.2, -0.15) is 0 Å². The van der Waals surface area contributed by atoms with E-state index in [-0.39, 0.29) is 6.09 Å². The number of anilines is 1. The van der Waals surface area contributed by atoms with Crippen molar-refractivity contribution in [2.24, 2.45) is 0 Å². The highest BCUT2D eigenvalue weighted by Crippen LogP contribution is 2.24. The number of rotatable bonds is 0. The zero-order valence-electron chi connectivity index (χ0n) is 8.78. The van der Waals surface area contributed by atoms with Gasteiger partial charge >= 0.3 is 6.09 Å². The van der Waals surface area contributed by atoms with Crippen molar-refractivity contribution in [2.75, 3.05) is 11.9 Å². The minimum absolute atomic E-state index is 0.284. The van der Waals surface area contributed by atoms with Gasteiger partial charge in [-0.05, 0) is 6.07 Å². The van der Waals surface area contributed by atoms with Crippen molar-refractivity contribution in [2.45, 2.75) is 20.5 Å². The topological polar surface area (TPSA) is 29.5 Å². The lowest BCUT2D eigenvalue weighted by Crippen LogP contribution is -2.31. The van der Waals surface area contributed by atoms with Gasteiger partial charge in [0, 0.05) is 12.6 Å². The Morgan fingerprint density at radius 2 is 1.93 bits per heavy atom. The molecule has 1 aliphatic rings. The Morgan fingerprint density at radius 1 is 1.29 bits per heavy atom. The number of hydrogen-bond donors (Lipinski definition) is 0. The van der Waals surface area contributed by atoms with E-state index in [4.69, 9.17) is 4.74 Å². The van der Waals surface area contributed by atoms with Gasteiger partial charge in [0.15, 0.2) is 0 Å². The third-order valence-electron chi connectivity index (χ3n) is 1.98. The van der Waals surface area contributed by atoms with E-state index in [2.05, 4.69) is 0 Å². The van der Waals surface area contributed by atoms with Crippen LogP contribution >= 0.6 is 0 Å². The van der Waals surface area contributed by atoms with Crippen LogP contribution in [0.1, 0.15) is 19.4 Å². The third kappa shape index (κ3) is 1.87. The van der Waals surface area contributed by atoms with Crippen LogP contribution in [-0.2, 0) is 11.3 Å². The number of carbonyl (C=O) groups excluding carboxylic acids is 1. The van der Waals surface area contributed by atoms with E-state index in [1.807, 2.05) is 38.1 Å². The van der Waals surface area contributed by atoms with Crippen LogP contribution in [0.25, 0.3) is 0 Å². The van der Waals surface area contributed by atoms with Gasteiger partial charge in [0.25, 0.3) is 0 Å². The summed E-state index contributed by atoms with van der Waals surface area (Å²) in [6, 6.07) is 7.72. The molecule has 0 atom stereocenters. The fraction of sp³-hybridized carbons (Fsp3) is 0.364. The molecule has 0 bridgehead atoms. The van der Waals surface area contributed by atoms with Crippen LogP contribution in [0.2, 0.25) is 0 Å². The van der Waals surface area contributed by atoms with Crippen molar-refractivity contribution >= 4 is 11.8 Å². The Kier molecular flexibility index (Phi) is 3.51. The van der Waals surface area contributed by atoms with Crippen molar-refractivity contribution < 1.29 is 9.53 Å². The molecule has 0 saturated heterocycles. The van der Waals surface area contributed by atoms with E-state index in [1.54, 1.807) is 7.05 Å². The number of fused-ring (bicyclic) bond motifs is 1. The maximum atomic E-state index is 11.1. The molecule has 1 amide bonds. The van der Waals surface area contributed by atoms with Crippen LogP contribution in [0.5, 0.6) is 0 Å². The molecule has 0 N–H and O–H groups in total. The highest BCUT2D eigenvalue weighted by Gasteiger charge is 2.20. The van der Waals surface area contributed by atoms with E-state index < -0.39 is 0 Å². The first-order valence-corrected chi connectivity index (χ1v) is 4.77. The molecule has 1 aromatic carbocycles. The molecule has 1 aliphatic heterocycles. The fourth-order valence-corrected chi connectivity index (χ4v) is 1.29. The number of benzene rings is 1. The van der Waals surface area contributed by atoms with Crippen molar-refractivity contribution in [1.82, 2.24) is 0 Å². The number of carbonyl (C=O) groups is 1. The summed E-state index contributed by atoms with van der Waals surface area (Å²) in [5.41, 5.74) is 1.99. The lowest BCUT2D eigenvalue weighted by molar-refractivity contribution is 0.143. The number of para-hydroxylation sites is 1. The molecule has 0 unspecified atom stereocenters. The van der Waals surface area contributed by atoms with E-state index in [0.717, 1.165) is 11.3 Å². The summed E-state index contributed by atoms with van der Waals surface area (Å²) < 4.78 is 4.90. The van der Waals surface area contributed by atoms with Crippen LogP contribution in [0.4, 0.5) is 10.5 Å². The largest absolute Gasteiger partial charge is 0.444 e. The first-order valence-electron chi connectivity index (χ1n) is 4.77. The number of amides is 1. The number of nitrogens with zero attached hydrogens (tertiary/aromatic N) is 1. The van der Waals surface area contributed by atoms with Gasteiger partial charge in [0.2, 0.25) is 0 Å². The van der Waals surface area contributed by atoms with E-state index >= 15 is 0 Å². The predicted octanol–water partition coefficient (Wildman–Crippen LogP) is 2.80. The van der Waals surface area contributed by atoms with E-state index in [9.17, 15) is 4.79 Å². The van der Waals surface area contributed by atoms with Crippen LogP contribution in [0, 0.1) is 0 Å². The molecule has 1 heterocycles. The predicted molar refractivity (Wildman–Crippen MR) is 56.4 cm³/mol. The number of cyclic esters (lactones) is 1. The molecule has 1 aromatic rings. The summed E-state index contributed by atoms with van der Waals surface area (Å²) in [4.78, 5) is 12.6. The van der Waals surface area contributed by atoms with E-state index in [0.29, 0.717) is 6.61 Å². The van der Waals surface area contributed by atoms with Crippen LogP contribution in [0.15, 0.2) is 24.3 Å². The average Bonchev–Trinajstić information content (AvgIpc) is 2.27. The average molecular weight is 193 g/mol. The molecule has 0 radical (unpaired) electrons.